The Morgan fingerprint density at radius 3 is 2.33 bits per heavy atom. The van der Waals surface area contributed by atoms with Crippen molar-refractivity contribution in [1.82, 2.24) is 4.72 Å². The molecule has 0 aromatic heterocycles. The Morgan fingerprint density at radius 2 is 1.62 bits per heavy atom. The zero-order valence-electron chi connectivity index (χ0n) is 12.0. The van der Waals surface area contributed by atoms with E-state index in [0.29, 0.717) is 4.90 Å². The summed E-state index contributed by atoms with van der Waals surface area (Å²) in [6.45, 7) is 3.93. The summed E-state index contributed by atoms with van der Waals surface area (Å²) in [5.74, 6) is 0. The van der Waals surface area contributed by atoms with Crippen LogP contribution in [0.1, 0.15) is 29.7 Å². The maximum Gasteiger partial charge on any atom is 0.241 e. The zero-order chi connectivity index (χ0) is 15.0. The van der Waals surface area contributed by atoms with Crippen molar-refractivity contribution in [3.8, 4) is 0 Å². The summed E-state index contributed by atoms with van der Waals surface area (Å²) in [6.07, 6.45) is 1.95. The van der Waals surface area contributed by atoms with Gasteiger partial charge in [0, 0.05) is 0 Å². The molecule has 3 nitrogen and oxygen atoms in total. The molecule has 2 aromatic carbocycles. The summed E-state index contributed by atoms with van der Waals surface area (Å²) in [5.41, 5.74) is 4.25. The second-order valence-electron chi connectivity index (χ2n) is 5.35. The number of aryl methyl sites for hydroxylation is 1. The summed E-state index contributed by atoms with van der Waals surface area (Å²) >= 11 is 0. The van der Waals surface area contributed by atoms with E-state index in [-0.39, 0.29) is 6.04 Å². The molecule has 0 fully saturated rings. The van der Waals surface area contributed by atoms with Crippen LogP contribution in [0.5, 0.6) is 0 Å². The van der Waals surface area contributed by atoms with E-state index in [1.165, 1.54) is 0 Å². The molecule has 108 valence electrons. The van der Waals surface area contributed by atoms with Crippen molar-refractivity contribution in [2.24, 2.45) is 0 Å². The Kier molecular flexibility index (Phi) is 3.43. The van der Waals surface area contributed by atoms with E-state index < -0.39 is 10.0 Å². The molecule has 1 N–H and O–H groups in total. The van der Waals surface area contributed by atoms with Crippen LogP contribution in [0, 0.1) is 6.92 Å². The van der Waals surface area contributed by atoms with Crippen molar-refractivity contribution in [2.75, 3.05) is 0 Å². The lowest BCUT2D eigenvalue weighted by atomic mass is 10.1. The highest BCUT2D eigenvalue weighted by molar-refractivity contribution is 7.89. The fraction of sp³-hybridized carbons (Fsp3) is 0.176. The van der Waals surface area contributed by atoms with E-state index in [1.54, 1.807) is 24.3 Å². The number of allylic oxidation sites excluding steroid dienone is 1. The second kappa shape index (κ2) is 5.13. The molecule has 0 aliphatic heterocycles. The minimum Gasteiger partial charge on any atom is -0.207 e. The lowest BCUT2D eigenvalue weighted by Gasteiger charge is -2.14. The van der Waals surface area contributed by atoms with Crippen LogP contribution in [0.2, 0.25) is 0 Å². The predicted molar refractivity (Wildman–Crippen MR) is 84.3 cm³/mol. The third-order valence-electron chi connectivity index (χ3n) is 3.75. The maximum atomic E-state index is 12.5. The van der Waals surface area contributed by atoms with E-state index >= 15 is 0 Å². The molecular formula is C17H17NO2S. The Morgan fingerprint density at radius 1 is 0.952 bits per heavy atom. The molecule has 1 aliphatic carbocycles. The highest BCUT2D eigenvalue weighted by atomic mass is 32.2. The molecule has 0 radical (unpaired) electrons. The van der Waals surface area contributed by atoms with Crippen molar-refractivity contribution in [3.63, 3.8) is 0 Å². The third kappa shape index (κ3) is 2.64. The van der Waals surface area contributed by atoms with Gasteiger partial charge in [-0.3, -0.25) is 0 Å². The lowest BCUT2D eigenvalue weighted by molar-refractivity contribution is 0.575. The number of hydrogen-bond acceptors (Lipinski definition) is 2. The molecule has 0 saturated heterocycles. The molecule has 0 heterocycles. The summed E-state index contributed by atoms with van der Waals surface area (Å²) in [5, 5.41) is 0. The van der Waals surface area contributed by atoms with Crippen LogP contribution in [0.15, 0.2) is 59.5 Å². The zero-order valence-corrected chi connectivity index (χ0v) is 12.8. The molecule has 0 spiro atoms. The SMILES string of the molecule is CC1=C[C@H](NS(=O)(=O)c2ccc(C)cc2)c2ccccc21. The second-order valence-corrected chi connectivity index (χ2v) is 7.06. The van der Waals surface area contributed by atoms with Crippen LogP contribution in [0.3, 0.4) is 0 Å². The number of nitrogens with one attached hydrogen (secondary N) is 1. The molecule has 0 unspecified atom stereocenters. The quantitative estimate of drug-likeness (QED) is 0.943. The van der Waals surface area contributed by atoms with Crippen LogP contribution in [0.25, 0.3) is 5.57 Å². The monoisotopic (exact) mass is 299 g/mol. The van der Waals surface area contributed by atoms with Gasteiger partial charge in [-0.25, -0.2) is 8.42 Å². The Labute approximate surface area is 125 Å². The van der Waals surface area contributed by atoms with Gasteiger partial charge in [0.05, 0.1) is 10.9 Å². The number of rotatable bonds is 3. The third-order valence-corrected chi connectivity index (χ3v) is 5.21. The van der Waals surface area contributed by atoms with Crippen LogP contribution in [-0.2, 0) is 10.0 Å². The summed E-state index contributed by atoms with van der Waals surface area (Å²) < 4.78 is 27.7. The van der Waals surface area contributed by atoms with Crippen molar-refractivity contribution >= 4 is 15.6 Å². The van der Waals surface area contributed by atoms with E-state index in [4.69, 9.17) is 0 Å². The number of sulfonamides is 1. The van der Waals surface area contributed by atoms with E-state index in [9.17, 15) is 8.42 Å². The molecule has 4 heteroatoms. The standard InChI is InChI=1S/C17H17NO2S/c1-12-7-9-14(10-8-12)21(19,20)18-17-11-13(2)15-5-3-4-6-16(15)17/h3-11,17-18H,1-2H3/t17-/m0/s1. The van der Waals surface area contributed by atoms with Gasteiger partial charge in [0.2, 0.25) is 10.0 Å². The predicted octanol–water partition coefficient (Wildman–Crippen LogP) is 3.43. The molecule has 0 amide bonds. The van der Waals surface area contributed by atoms with Crippen molar-refractivity contribution < 1.29 is 8.42 Å². The van der Waals surface area contributed by atoms with E-state index in [0.717, 1.165) is 22.3 Å². The fourth-order valence-corrected chi connectivity index (χ4v) is 3.77. The molecule has 3 rings (SSSR count). The average molecular weight is 299 g/mol. The van der Waals surface area contributed by atoms with Gasteiger partial charge in [-0.2, -0.15) is 4.72 Å². The molecule has 1 aliphatic rings. The highest BCUT2D eigenvalue weighted by Crippen LogP contribution is 2.34. The van der Waals surface area contributed by atoms with Gasteiger partial charge in [0.15, 0.2) is 0 Å². The largest absolute Gasteiger partial charge is 0.241 e. The van der Waals surface area contributed by atoms with Gasteiger partial charge in [0.1, 0.15) is 0 Å². The number of hydrogen-bond donors (Lipinski definition) is 1. The van der Waals surface area contributed by atoms with Gasteiger partial charge in [-0.1, -0.05) is 48.0 Å². The first-order valence-corrected chi connectivity index (χ1v) is 8.32. The maximum absolute atomic E-state index is 12.5. The fourth-order valence-electron chi connectivity index (χ4n) is 2.61. The van der Waals surface area contributed by atoms with Crippen molar-refractivity contribution in [1.29, 1.82) is 0 Å². The summed E-state index contributed by atoms with van der Waals surface area (Å²) in [7, 11) is -3.52. The normalized spacial score (nSPS) is 17.4. The van der Waals surface area contributed by atoms with Crippen LogP contribution in [0.4, 0.5) is 0 Å². The molecule has 0 bridgehead atoms. The summed E-state index contributed by atoms with van der Waals surface area (Å²) in [6, 6.07) is 14.4. The van der Waals surface area contributed by atoms with Gasteiger partial charge in [-0.05, 0) is 42.7 Å². The molecule has 21 heavy (non-hydrogen) atoms. The van der Waals surface area contributed by atoms with Crippen molar-refractivity contribution in [3.05, 3.63) is 71.3 Å². The Bertz CT molecular complexity index is 805. The Balaban J connectivity index is 1.92. The molecule has 0 saturated carbocycles. The molecular weight excluding hydrogens is 282 g/mol. The average Bonchev–Trinajstić information content (AvgIpc) is 2.76. The first-order chi connectivity index (χ1) is 9.97. The van der Waals surface area contributed by atoms with Gasteiger partial charge in [0.25, 0.3) is 0 Å². The smallest absolute Gasteiger partial charge is 0.207 e. The molecule has 1 atom stereocenters. The van der Waals surface area contributed by atoms with Crippen molar-refractivity contribution in [2.45, 2.75) is 24.8 Å². The van der Waals surface area contributed by atoms with Crippen LogP contribution >= 0.6 is 0 Å². The number of benzene rings is 2. The van der Waals surface area contributed by atoms with Crippen LogP contribution < -0.4 is 4.72 Å². The number of fused-ring (bicyclic) bond motifs is 1. The topological polar surface area (TPSA) is 46.2 Å². The van der Waals surface area contributed by atoms with Gasteiger partial charge < -0.3 is 0 Å². The summed E-state index contributed by atoms with van der Waals surface area (Å²) in [4.78, 5) is 0.295. The molecule has 2 aromatic rings. The van der Waals surface area contributed by atoms with Gasteiger partial charge >= 0.3 is 0 Å². The van der Waals surface area contributed by atoms with Gasteiger partial charge in [-0.15, -0.1) is 0 Å². The van der Waals surface area contributed by atoms with E-state index in [1.807, 2.05) is 44.2 Å². The lowest BCUT2D eigenvalue weighted by Crippen LogP contribution is -2.26. The minimum absolute atomic E-state index is 0.295. The van der Waals surface area contributed by atoms with E-state index in [2.05, 4.69) is 4.72 Å². The first kappa shape index (κ1) is 14.0. The van der Waals surface area contributed by atoms with Crippen LogP contribution in [-0.4, -0.2) is 8.42 Å². The first-order valence-electron chi connectivity index (χ1n) is 6.84. The highest BCUT2D eigenvalue weighted by Gasteiger charge is 2.25. The Hall–Kier alpha value is -1.91. The minimum atomic E-state index is -3.52.